The number of nitrogens with zero attached hydrogens (tertiary/aromatic N) is 1. The summed E-state index contributed by atoms with van der Waals surface area (Å²) in [6.45, 7) is 1.16. The van der Waals surface area contributed by atoms with Gasteiger partial charge in [-0.25, -0.2) is 13.1 Å². The van der Waals surface area contributed by atoms with Crippen molar-refractivity contribution in [1.82, 2.24) is 9.62 Å². The van der Waals surface area contributed by atoms with Crippen molar-refractivity contribution < 1.29 is 13.2 Å². The van der Waals surface area contributed by atoms with E-state index in [4.69, 9.17) is 28.9 Å². The van der Waals surface area contributed by atoms with Crippen molar-refractivity contribution in [3.8, 4) is 0 Å². The van der Waals surface area contributed by atoms with Gasteiger partial charge in [0.1, 0.15) is 4.90 Å². The number of rotatable bonds is 5. The summed E-state index contributed by atoms with van der Waals surface area (Å²) in [4.78, 5) is 13.6. The second kappa shape index (κ2) is 7.81. The lowest BCUT2D eigenvalue weighted by Crippen LogP contribution is -2.46. The van der Waals surface area contributed by atoms with E-state index >= 15 is 0 Å². The number of sulfonamides is 1. The molecule has 1 aliphatic heterocycles. The summed E-state index contributed by atoms with van der Waals surface area (Å²) in [5.74, 6) is -0.117. The highest BCUT2D eigenvalue weighted by atomic mass is 35.5. The first-order valence-electron chi connectivity index (χ1n) is 7.28. The second-order valence-electron chi connectivity index (χ2n) is 5.44. The summed E-state index contributed by atoms with van der Waals surface area (Å²) < 4.78 is 26.9. The van der Waals surface area contributed by atoms with E-state index in [1.807, 2.05) is 0 Å². The Morgan fingerprint density at radius 3 is 2.61 bits per heavy atom. The molecule has 2 rings (SSSR count). The number of likely N-dealkylation sites (tertiary alicyclic amines) is 1. The van der Waals surface area contributed by atoms with Gasteiger partial charge in [0.25, 0.3) is 0 Å². The predicted molar refractivity (Wildman–Crippen MR) is 90.1 cm³/mol. The van der Waals surface area contributed by atoms with Crippen molar-refractivity contribution in [1.29, 1.82) is 0 Å². The average Bonchev–Trinajstić information content (AvgIpc) is 2.46. The number of nitrogens with one attached hydrogen (secondary N) is 1. The van der Waals surface area contributed by atoms with Crippen LogP contribution in [-0.2, 0) is 14.8 Å². The first kappa shape index (κ1) is 18.5. The van der Waals surface area contributed by atoms with Gasteiger partial charge in [-0.05, 0) is 25.0 Å². The third-order valence-corrected chi connectivity index (χ3v) is 6.04. The molecule has 3 N–H and O–H groups in total. The van der Waals surface area contributed by atoms with Gasteiger partial charge in [-0.3, -0.25) is 4.79 Å². The smallest absolute Gasteiger partial charge is 0.243 e. The zero-order valence-electron chi connectivity index (χ0n) is 12.5. The Morgan fingerprint density at radius 2 is 2.00 bits per heavy atom. The number of carbonyl (C=O) groups excluding carboxylic acids is 1. The van der Waals surface area contributed by atoms with Crippen molar-refractivity contribution in [3.05, 3.63) is 28.2 Å². The molecule has 1 heterocycles. The Labute approximate surface area is 146 Å². The molecule has 1 saturated heterocycles. The fourth-order valence-electron chi connectivity index (χ4n) is 2.50. The Morgan fingerprint density at radius 1 is 1.35 bits per heavy atom. The summed E-state index contributed by atoms with van der Waals surface area (Å²) in [5, 5.41) is 0.0802. The van der Waals surface area contributed by atoms with Crippen molar-refractivity contribution in [2.75, 3.05) is 19.6 Å². The molecule has 1 atom stereocenters. The second-order valence-corrected chi connectivity index (χ2v) is 7.96. The molecule has 9 heteroatoms. The molecule has 23 heavy (non-hydrogen) atoms. The number of carbonyl (C=O) groups is 1. The first-order chi connectivity index (χ1) is 10.8. The maximum absolute atomic E-state index is 12.3. The van der Waals surface area contributed by atoms with Crippen LogP contribution >= 0.6 is 23.2 Å². The largest absolute Gasteiger partial charge is 0.341 e. The van der Waals surface area contributed by atoms with E-state index in [9.17, 15) is 13.2 Å². The van der Waals surface area contributed by atoms with Crippen molar-refractivity contribution >= 4 is 39.1 Å². The molecular formula is C14H19Cl2N3O3S. The Hall–Kier alpha value is -0.860. The van der Waals surface area contributed by atoms with Crippen LogP contribution in [0.1, 0.15) is 19.3 Å². The molecule has 0 aromatic heterocycles. The average molecular weight is 380 g/mol. The molecule has 0 spiro atoms. The Balaban J connectivity index is 1.94. The molecule has 128 valence electrons. The van der Waals surface area contributed by atoms with E-state index in [0.717, 1.165) is 12.8 Å². The zero-order valence-corrected chi connectivity index (χ0v) is 14.8. The van der Waals surface area contributed by atoms with Crippen molar-refractivity contribution in [3.63, 3.8) is 0 Å². The lowest BCUT2D eigenvalue weighted by molar-refractivity contribution is -0.132. The first-order valence-corrected chi connectivity index (χ1v) is 9.52. The minimum Gasteiger partial charge on any atom is -0.341 e. The van der Waals surface area contributed by atoms with Gasteiger partial charge in [0.15, 0.2) is 0 Å². The SMILES string of the molecule is NC1CCCN(C(=O)CCNS(=O)(=O)c2c(Cl)cccc2Cl)C1. The molecule has 1 amide bonds. The van der Waals surface area contributed by atoms with Crippen LogP contribution in [0.5, 0.6) is 0 Å². The maximum atomic E-state index is 12.3. The number of amides is 1. The molecule has 6 nitrogen and oxygen atoms in total. The van der Waals surface area contributed by atoms with E-state index in [1.165, 1.54) is 12.1 Å². The Kier molecular flexibility index (Phi) is 6.27. The normalized spacial score (nSPS) is 18.9. The molecule has 1 aliphatic rings. The molecule has 0 aliphatic carbocycles. The van der Waals surface area contributed by atoms with Gasteiger partial charge in [-0.2, -0.15) is 0 Å². The quantitative estimate of drug-likeness (QED) is 0.812. The number of hydrogen-bond acceptors (Lipinski definition) is 4. The molecular weight excluding hydrogens is 361 g/mol. The maximum Gasteiger partial charge on any atom is 0.243 e. The topological polar surface area (TPSA) is 92.5 Å². The summed E-state index contributed by atoms with van der Waals surface area (Å²) in [6, 6.07) is 4.45. The van der Waals surface area contributed by atoms with Gasteiger partial charge in [-0.1, -0.05) is 29.3 Å². The highest BCUT2D eigenvalue weighted by Gasteiger charge is 2.23. The van der Waals surface area contributed by atoms with Gasteiger partial charge in [-0.15, -0.1) is 0 Å². The van der Waals surface area contributed by atoms with Crippen LogP contribution in [0.4, 0.5) is 0 Å². The van der Waals surface area contributed by atoms with E-state index < -0.39 is 10.0 Å². The summed E-state index contributed by atoms with van der Waals surface area (Å²) in [5.41, 5.74) is 5.84. The van der Waals surface area contributed by atoms with E-state index in [1.54, 1.807) is 11.0 Å². The summed E-state index contributed by atoms with van der Waals surface area (Å²) >= 11 is 11.8. The van der Waals surface area contributed by atoms with E-state index in [-0.39, 0.29) is 39.9 Å². The summed E-state index contributed by atoms with van der Waals surface area (Å²) in [7, 11) is -3.87. The van der Waals surface area contributed by atoms with Crippen LogP contribution in [-0.4, -0.2) is 44.9 Å². The third-order valence-electron chi connectivity index (χ3n) is 3.63. The minimum absolute atomic E-state index is 0.00803. The van der Waals surface area contributed by atoms with Crippen molar-refractivity contribution in [2.45, 2.75) is 30.2 Å². The molecule has 1 aromatic carbocycles. The fraction of sp³-hybridized carbons (Fsp3) is 0.500. The minimum atomic E-state index is -3.87. The molecule has 0 radical (unpaired) electrons. The molecule has 1 fully saturated rings. The van der Waals surface area contributed by atoms with E-state index in [2.05, 4.69) is 4.72 Å². The van der Waals surface area contributed by atoms with Gasteiger partial charge < -0.3 is 10.6 Å². The van der Waals surface area contributed by atoms with Crippen LogP contribution in [0.25, 0.3) is 0 Å². The molecule has 1 aromatic rings. The van der Waals surface area contributed by atoms with Gasteiger partial charge in [0.2, 0.25) is 15.9 Å². The zero-order chi connectivity index (χ0) is 17.0. The molecule has 0 saturated carbocycles. The highest BCUT2D eigenvalue weighted by molar-refractivity contribution is 7.89. The van der Waals surface area contributed by atoms with Crippen molar-refractivity contribution in [2.24, 2.45) is 5.73 Å². The highest BCUT2D eigenvalue weighted by Crippen LogP contribution is 2.28. The number of piperidine rings is 1. The number of benzene rings is 1. The Bertz CT molecular complexity index is 662. The lowest BCUT2D eigenvalue weighted by atomic mass is 10.1. The predicted octanol–water partition coefficient (Wildman–Crippen LogP) is 1.61. The summed E-state index contributed by atoms with van der Waals surface area (Å²) in [6.07, 6.45) is 1.84. The third kappa shape index (κ3) is 4.81. The van der Waals surface area contributed by atoms with Crippen LogP contribution in [0.3, 0.4) is 0 Å². The number of halogens is 2. The fourth-order valence-corrected chi connectivity index (χ4v) is 4.67. The van der Waals surface area contributed by atoms with Crippen LogP contribution in [0, 0.1) is 0 Å². The molecule has 1 unspecified atom stereocenters. The van der Waals surface area contributed by atoms with E-state index in [0.29, 0.717) is 13.1 Å². The lowest BCUT2D eigenvalue weighted by Gasteiger charge is -2.30. The number of nitrogens with two attached hydrogens (primary N) is 1. The van der Waals surface area contributed by atoms with Gasteiger partial charge in [0.05, 0.1) is 10.0 Å². The van der Waals surface area contributed by atoms with Gasteiger partial charge in [0, 0.05) is 32.1 Å². The standard InChI is InChI=1S/C14H19Cl2N3O3S/c15-11-4-1-5-12(16)14(11)23(21,22)18-7-6-13(20)19-8-2-3-10(17)9-19/h1,4-5,10,18H,2-3,6-9,17H2. The van der Waals surface area contributed by atoms with Crippen LogP contribution in [0.2, 0.25) is 10.0 Å². The number of hydrogen-bond donors (Lipinski definition) is 2. The molecule has 0 bridgehead atoms. The van der Waals surface area contributed by atoms with Crippen LogP contribution < -0.4 is 10.5 Å². The van der Waals surface area contributed by atoms with Crippen LogP contribution in [0.15, 0.2) is 23.1 Å². The van der Waals surface area contributed by atoms with Gasteiger partial charge >= 0.3 is 0 Å². The monoisotopic (exact) mass is 379 g/mol.